The molecule has 1 saturated heterocycles. The molecule has 2 aromatic rings. The molecule has 1 aliphatic heterocycles. The number of rotatable bonds is 3. The first-order valence-corrected chi connectivity index (χ1v) is 8.56. The van der Waals surface area contributed by atoms with Crippen molar-refractivity contribution in [3.8, 4) is 5.69 Å². The molecule has 1 aliphatic carbocycles. The molecule has 2 fully saturated rings. The van der Waals surface area contributed by atoms with Crippen LogP contribution in [0.25, 0.3) is 5.69 Å². The van der Waals surface area contributed by atoms with Crippen molar-refractivity contribution >= 4 is 6.03 Å². The number of alkyl halides is 3. The van der Waals surface area contributed by atoms with Crippen molar-refractivity contribution in [2.45, 2.75) is 43.8 Å². The van der Waals surface area contributed by atoms with Crippen LogP contribution in [-0.2, 0) is 6.18 Å². The van der Waals surface area contributed by atoms with Gasteiger partial charge in [-0.25, -0.2) is 14.5 Å². The van der Waals surface area contributed by atoms with Crippen molar-refractivity contribution in [2.24, 2.45) is 5.73 Å². The van der Waals surface area contributed by atoms with Gasteiger partial charge >= 0.3 is 12.2 Å². The van der Waals surface area contributed by atoms with Crippen molar-refractivity contribution < 1.29 is 18.0 Å². The summed E-state index contributed by atoms with van der Waals surface area (Å²) in [6.45, 7) is 0.465. The number of hydrogen-bond acceptors (Lipinski definition) is 3. The molecular formula is C17H18F3N5O. The molecule has 2 aliphatic rings. The summed E-state index contributed by atoms with van der Waals surface area (Å²) >= 11 is 0. The highest BCUT2D eigenvalue weighted by Crippen LogP contribution is 2.41. The van der Waals surface area contributed by atoms with E-state index in [1.807, 2.05) is 0 Å². The summed E-state index contributed by atoms with van der Waals surface area (Å²) in [7, 11) is 0. The fourth-order valence-electron chi connectivity index (χ4n) is 3.45. The minimum atomic E-state index is -4.52. The number of hydrogen-bond donors (Lipinski definition) is 1. The molecule has 1 saturated carbocycles. The van der Waals surface area contributed by atoms with Gasteiger partial charge in [-0.15, -0.1) is 0 Å². The van der Waals surface area contributed by atoms with E-state index in [1.165, 1.54) is 27.8 Å². The summed E-state index contributed by atoms with van der Waals surface area (Å²) in [6.07, 6.45) is -1.35. The summed E-state index contributed by atoms with van der Waals surface area (Å²) in [5, 5.41) is 4.38. The molecule has 1 aromatic heterocycles. The molecule has 0 unspecified atom stereocenters. The Labute approximate surface area is 147 Å². The Bertz CT molecular complexity index is 843. The first-order chi connectivity index (χ1) is 12.4. The fraction of sp³-hybridized carbons (Fsp3) is 0.471. The largest absolute Gasteiger partial charge is 0.418 e. The third-order valence-electron chi connectivity index (χ3n) is 4.86. The lowest BCUT2D eigenvalue weighted by Gasteiger charge is -2.23. The van der Waals surface area contributed by atoms with Crippen molar-refractivity contribution in [1.29, 1.82) is 0 Å². The molecule has 0 radical (unpaired) electrons. The number of primary amides is 1. The Morgan fingerprint density at radius 2 is 1.92 bits per heavy atom. The predicted octanol–water partition coefficient (Wildman–Crippen LogP) is 3.38. The average molecular weight is 365 g/mol. The number of carbonyl (C=O) groups excluding carboxylic acids is 1. The minimum Gasteiger partial charge on any atom is -0.351 e. The first-order valence-electron chi connectivity index (χ1n) is 8.56. The van der Waals surface area contributed by atoms with Gasteiger partial charge in [-0.1, -0.05) is 12.1 Å². The van der Waals surface area contributed by atoms with Crippen LogP contribution < -0.4 is 5.73 Å². The van der Waals surface area contributed by atoms with E-state index in [0.29, 0.717) is 24.6 Å². The van der Waals surface area contributed by atoms with Gasteiger partial charge in [0.15, 0.2) is 11.6 Å². The molecule has 0 bridgehead atoms. The Morgan fingerprint density at radius 3 is 2.58 bits per heavy atom. The average Bonchev–Trinajstić information content (AvgIpc) is 3.16. The van der Waals surface area contributed by atoms with Crippen molar-refractivity contribution in [1.82, 2.24) is 19.7 Å². The van der Waals surface area contributed by atoms with Crippen molar-refractivity contribution in [3.05, 3.63) is 41.5 Å². The number of urea groups is 1. The zero-order chi connectivity index (χ0) is 18.5. The van der Waals surface area contributed by atoms with Gasteiger partial charge in [0.1, 0.15) is 0 Å². The first kappa shape index (κ1) is 16.9. The number of aromatic nitrogens is 3. The molecule has 1 aromatic carbocycles. The van der Waals surface area contributed by atoms with Gasteiger partial charge in [0.2, 0.25) is 0 Å². The zero-order valence-corrected chi connectivity index (χ0v) is 13.9. The molecule has 6 nitrogen and oxygen atoms in total. The topological polar surface area (TPSA) is 77.0 Å². The number of amides is 2. The molecule has 1 atom stereocenters. The van der Waals surface area contributed by atoms with Gasteiger partial charge < -0.3 is 10.6 Å². The van der Waals surface area contributed by atoms with Gasteiger partial charge in [0.05, 0.1) is 17.3 Å². The van der Waals surface area contributed by atoms with Gasteiger partial charge in [-0.05, 0) is 37.8 Å². The van der Waals surface area contributed by atoms with Gasteiger partial charge in [0, 0.05) is 12.5 Å². The Kier molecular flexibility index (Phi) is 3.89. The van der Waals surface area contributed by atoms with Crippen LogP contribution in [0.3, 0.4) is 0 Å². The summed E-state index contributed by atoms with van der Waals surface area (Å²) in [5.41, 5.74) is 4.58. The highest BCUT2D eigenvalue weighted by molar-refractivity contribution is 5.72. The number of benzene rings is 1. The van der Waals surface area contributed by atoms with Gasteiger partial charge in [-0.3, -0.25) is 0 Å². The van der Waals surface area contributed by atoms with E-state index >= 15 is 0 Å². The van der Waals surface area contributed by atoms with Crippen LogP contribution in [0.15, 0.2) is 24.3 Å². The monoisotopic (exact) mass is 365 g/mol. The lowest BCUT2D eigenvalue weighted by Crippen LogP contribution is -2.36. The minimum absolute atomic E-state index is 0.0780. The Morgan fingerprint density at radius 1 is 1.19 bits per heavy atom. The highest BCUT2D eigenvalue weighted by Gasteiger charge is 2.39. The van der Waals surface area contributed by atoms with E-state index in [4.69, 9.17) is 5.73 Å². The van der Waals surface area contributed by atoms with Crippen molar-refractivity contribution in [2.75, 3.05) is 6.54 Å². The van der Waals surface area contributed by atoms with Crippen LogP contribution in [0.5, 0.6) is 0 Å². The lowest BCUT2D eigenvalue weighted by atomic mass is 10.1. The molecule has 26 heavy (non-hydrogen) atoms. The van der Waals surface area contributed by atoms with Crippen LogP contribution in [-0.4, -0.2) is 32.2 Å². The van der Waals surface area contributed by atoms with Crippen LogP contribution in [0.2, 0.25) is 0 Å². The standard InChI is InChI=1S/C17H18F3N5O/c18-17(19,20)11-4-1-2-5-12(11)25-15(22-14(23-25)10-7-8-10)13-6-3-9-24(13)16(21)26/h1-2,4-5,10,13H,3,6-9H2,(H2,21,26)/t13-/m1/s1. The van der Waals surface area contributed by atoms with Gasteiger partial charge in [-0.2, -0.15) is 18.3 Å². The Hall–Kier alpha value is -2.58. The number of carbonyl (C=O) groups is 1. The van der Waals surface area contributed by atoms with E-state index in [-0.39, 0.29) is 11.6 Å². The van der Waals surface area contributed by atoms with E-state index < -0.39 is 23.8 Å². The normalized spacial score (nSPS) is 20.6. The van der Waals surface area contributed by atoms with Crippen LogP contribution in [0, 0.1) is 0 Å². The third kappa shape index (κ3) is 2.91. The van der Waals surface area contributed by atoms with E-state index in [9.17, 15) is 18.0 Å². The summed E-state index contributed by atoms with van der Waals surface area (Å²) in [5.74, 6) is 1.06. The van der Waals surface area contributed by atoms with E-state index in [1.54, 1.807) is 0 Å². The number of nitrogens with zero attached hydrogens (tertiary/aromatic N) is 4. The molecule has 9 heteroatoms. The SMILES string of the molecule is NC(=O)N1CCC[C@@H]1c1nc(C2CC2)nn1-c1ccccc1C(F)(F)F. The maximum absolute atomic E-state index is 13.5. The molecule has 2 N–H and O–H groups in total. The summed E-state index contributed by atoms with van der Waals surface area (Å²) < 4.78 is 41.7. The Balaban J connectivity index is 1.86. The van der Waals surface area contributed by atoms with Crippen LogP contribution in [0.4, 0.5) is 18.0 Å². The van der Waals surface area contributed by atoms with Crippen LogP contribution in [0.1, 0.15) is 54.9 Å². The van der Waals surface area contributed by atoms with E-state index in [0.717, 1.165) is 25.3 Å². The lowest BCUT2D eigenvalue weighted by molar-refractivity contribution is -0.137. The number of nitrogens with two attached hydrogens (primary N) is 1. The van der Waals surface area contributed by atoms with Gasteiger partial charge in [0.25, 0.3) is 0 Å². The predicted molar refractivity (Wildman–Crippen MR) is 86.6 cm³/mol. The maximum atomic E-state index is 13.5. The maximum Gasteiger partial charge on any atom is 0.418 e. The fourth-order valence-corrected chi connectivity index (χ4v) is 3.45. The number of halogens is 3. The quantitative estimate of drug-likeness (QED) is 0.906. The molecule has 2 amide bonds. The summed E-state index contributed by atoms with van der Waals surface area (Å²) in [6, 6.07) is 4.22. The molecular weight excluding hydrogens is 347 g/mol. The molecule has 138 valence electrons. The second kappa shape index (κ2) is 6.00. The smallest absolute Gasteiger partial charge is 0.351 e. The second-order valence-electron chi connectivity index (χ2n) is 6.72. The van der Waals surface area contributed by atoms with E-state index in [2.05, 4.69) is 10.1 Å². The number of likely N-dealkylation sites (tertiary alicyclic amines) is 1. The molecule has 0 spiro atoms. The second-order valence-corrected chi connectivity index (χ2v) is 6.72. The highest BCUT2D eigenvalue weighted by atomic mass is 19.4. The zero-order valence-electron chi connectivity index (χ0n) is 13.9. The number of para-hydroxylation sites is 1. The molecule has 4 rings (SSSR count). The van der Waals surface area contributed by atoms with Crippen LogP contribution >= 0.6 is 0 Å². The van der Waals surface area contributed by atoms with Crippen molar-refractivity contribution in [3.63, 3.8) is 0 Å². The third-order valence-corrected chi connectivity index (χ3v) is 4.86. The summed E-state index contributed by atoms with van der Waals surface area (Å²) in [4.78, 5) is 17.7. The molecule has 2 heterocycles.